The summed E-state index contributed by atoms with van der Waals surface area (Å²) in [5.41, 5.74) is 4.99. The van der Waals surface area contributed by atoms with Crippen LogP contribution in [0.25, 0.3) is 16.9 Å². The molecule has 0 unspecified atom stereocenters. The van der Waals surface area contributed by atoms with E-state index in [9.17, 15) is 4.79 Å². The van der Waals surface area contributed by atoms with E-state index in [0.717, 1.165) is 28.2 Å². The molecule has 4 aromatic rings. The number of aryl methyl sites for hydroxylation is 1. The number of ether oxygens (including phenoxy) is 2. The van der Waals surface area contributed by atoms with Crippen LogP contribution in [0.4, 0.5) is 0 Å². The Balaban J connectivity index is 1.51. The van der Waals surface area contributed by atoms with Gasteiger partial charge in [-0.15, -0.1) is 0 Å². The minimum absolute atomic E-state index is 0.159. The number of fused-ring (bicyclic) bond motifs is 1. The molecule has 0 aliphatic rings. The number of amides is 1. The molecule has 0 saturated carbocycles. The van der Waals surface area contributed by atoms with E-state index < -0.39 is 0 Å². The molecule has 0 aliphatic heterocycles. The van der Waals surface area contributed by atoms with Gasteiger partial charge in [0.25, 0.3) is 5.91 Å². The molecule has 0 atom stereocenters. The summed E-state index contributed by atoms with van der Waals surface area (Å²) in [6.07, 6.45) is 2.97. The van der Waals surface area contributed by atoms with E-state index in [0.29, 0.717) is 36.4 Å². The highest BCUT2D eigenvalue weighted by Gasteiger charge is 2.16. The van der Waals surface area contributed by atoms with Crippen LogP contribution in [0.2, 0.25) is 0 Å². The first-order valence-electron chi connectivity index (χ1n) is 10.6. The predicted octanol–water partition coefficient (Wildman–Crippen LogP) is 3.95. The number of nitrogens with zero attached hydrogens (tertiary/aromatic N) is 3. The number of carbonyl (C=O) groups is 1. The Labute approximate surface area is 187 Å². The molecule has 0 fully saturated rings. The van der Waals surface area contributed by atoms with Gasteiger partial charge in [-0.05, 0) is 30.5 Å². The molecule has 0 aliphatic carbocycles. The van der Waals surface area contributed by atoms with E-state index in [1.165, 1.54) is 0 Å². The first kappa shape index (κ1) is 21.4. The van der Waals surface area contributed by atoms with Gasteiger partial charge < -0.3 is 14.8 Å². The van der Waals surface area contributed by atoms with Crippen LogP contribution in [0.15, 0.2) is 60.8 Å². The molecule has 32 heavy (non-hydrogen) atoms. The number of nitrogens with one attached hydrogen (secondary N) is 1. The van der Waals surface area contributed by atoms with Crippen molar-refractivity contribution in [1.82, 2.24) is 19.9 Å². The van der Waals surface area contributed by atoms with Crippen LogP contribution in [-0.4, -0.2) is 41.3 Å². The van der Waals surface area contributed by atoms with Gasteiger partial charge in [-0.2, -0.15) is 5.10 Å². The number of rotatable bonds is 8. The molecule has 0 saturated heterocycles. The minimum atomic E-state index is -0.159. The molecule has 4 rings (SSSR count). The van der Waals surface area contributed by atoms with Gasteiger partial charge in [0.1, 0.15) is 0 Å². The maximum Gasteiger partial charge on any atom is 0.254 e. The molecule has 164 valence electrons. The van der Waals surface area contributed by atoms with Crippen molar-refractivity contribution < 1.29 is 14.3 Å². The highest BCUT2D eigenvalue weighted by atomic mass is 16.5. The lowest BCUT2D eigenvalue weighted by Gasteiger charge is -2.11. The smallest absolute Gasteiger partial charge is 0.254 e. The second kappa shape index (κ2) is 9.51. The van der Waals surface area contributed by atoms with Crippen LogP contribution in [0.3, 0.4) is 0 Å². The topological polar surface area (TPSA) is 77.8 Å². The average Bonchev–Trinajstić information content (AvgIpc) is 3.28. The van der Waals surface area contributed by atoms with Crippen LogP contribution < -0.4 is 14.8 Å². The van der Waals surface area contributed by atoms with Crippen molar-refractivity contribution in [2.75, 3.05) is 20.8 Å². The summed E-state index contributed by atoms with van der Waals surface area (Å²) in [6, 6.07) is 17.6. The zero-order valence-corrected chi connectivity index (χ0v) is 18.5. The summed E-state index contributed by atoms with van der Waals surface area (Å²) in [7, 11) is 3.22. The fraction of sp³-hybridized carbons (Fsp3) is 0.240. The van der Waals surface area contributed by atoms with Gasteiger partial charge in [-0.3, -0.25) is 4.79 Å². The molecule has 0 bridgehead atoms. The Morgan fingerprint density at radius 1 is 1.03 bits per heavy atom. The van der Waals surface area contributed by atoms with Crippen LogP contribution >= 0.6 is 0 Å². The highest BCUT2D eigenvalue weighted by molar-refractivity contribution is 5.95. The number of aromatic nitrogens is 3. The summed E-state index contributed by atoms with van der Waals surface area (Å²) in [5, 5.41) is 7.71. The van der Waals surface area contributed by atoms with Crippen molar-refractivity contribution in [2.24, 2.45) is 0 Å². The van der Waals surface area contributed by atoms with Gasteiger partial charge in [0.2, 0.25) is 0 Å². The molecule has 2 aromatic carbocycles. The molecular weight excluding hydrogens is 404 g/mol. The Morgan fingerprint density at radius 2 is 1.81 bits per heavy atom. The third-order valence-electron chi connectivity index (χ3n) is 5.38. The van der Waals surface area contributed by atoms with Crippen molar-refractivity contribution in [3.8, 4) is 22.8 Å². The van der Waals surface area contributed by atoms with Gasteiger partial charge >= 0.3 is 0 Å². The van der Waals surface area contributed by atoms with Crippen molar-refractivity contribution >= 4 is 11.6 Å². The summed E-state index contributed by atoms with van der Waals surface area (Å²) >= 11 is 0. The van der Waals surface area contributed by atoms with Gasteiger partial charge in [-0.25, -0.2) is 9.50 Å². The average molecular weight is 431 g/mol. The number of hydrogen-bond acceptors (Lipinski definition) is 5. The number of methoxy groups -OCH3 is 2. The Bertz CT molecular complexity index is 1230. The van der Waals surface area contributed by atoms with Crippen LogP contribution in [0, 0.1) is 0 Å². The van der Waals surface area contributed by atoms with Gasteiger partial charge in [0.05, 0.1) is 31.2 Å². The largest absolute Gasteiger partial charge is 0.493 e. The summed E-state index contributed by atoms with van der Waals surface area (Å²) in [6.45, 7) is 2.50. The van der Waals surface area contributed by atoms with Gasteiger partial charge in [0, 0.05) is 24.4 Å². The van der Waals surface area contributed by atoms with E-state index in [2.05, 4.69) is 10.3 Å². The zero-order valence-electron chi connectivity index (χ0n) is 18.5. The summed E-state index contributed by atoms with van der Waals surface area (Å²) in [4.78, 5) is 17.4. The minimum Gasteiger partial charge on any atom is -0.493 e. The van der Waals surface area contributed by atoms with E-state index in [1.807, 2.05) is 61.5 Å². The normalized spacial score (nSPS) is 10.8. The van der Waals surface area contributed by atoms with Crippen molar-refractivity contribution in [1.29, 1.82) is 0 Å². The first-order valence-corrected chi connectivity index (χ1v) is 10.6. The Hall–Kier alpha value is -3.87. The number of hydrogen-bond donors (Lipinski definition) is 1. The van der Waals surface area contributed by atoms with E-state index in [-0.39, 0.29) is 5.91 Å². The van der Waals surface area contributed by atoms with E-state index in [4.69, 9.17) is 14.6 Å². The molecule has 0 spiro atoms. The lowest BCUT2D eigenvalue weighted by molar-refractivity contribution is 0.0952. The predicted molar refractivity (Wildman–Crippen MR) is 123 cm³/mol. The van der Waals surface area contributed by atoms with E-state index >= 15 is 0 Å². The molecule has 2 aromatic heterocycles. The maximum atomic E-state index is 12.9. The zero-order chi connectivity index (χ0) is 22.5. The summed E-state index contributed by atoms with van der Waals surface area (Å²) in [5.74, 6) is 1.20. The molecule has 7 heteroatoms. The quantitative estimate of drug-likeness (QED) is 0.458. The molecule has 0 radical (unpaired) electrons. The molecule has 7 nitrogen and oxygen atoms in total. The fourth-order valence-corrected chi connectivity index (χ4v) is 3.71. The number of benzene rings is 2. The third kappa shape index (κ3) is 4.27. The molecule has 1 amide bonds. The summed E-state index contributed by atoms with van der Waals surface area (Å²) < 4.78 is 12.4. The second-order valence-electron chi connectivity index (χ2n) is 7.33. The molecule has 1 N–H and O–H groups in total. The first-order chi connectivity index (χ1) is 15.6. The third-order valence-corrected chi connectivity index (χ3v) is 5.38. The van der Waals surface area contributed by atoms with Crippen LogP contribution in [0.1, 0.15) is 28.5 Å². The van der Waals surface area contributed by atoms with Crippen molar-refractivity contribution in [3.05, 3.63) is 77.6 Å². The second-order valence-corrected chi connectivity index (χ2v) is 7.33. The van der Waals surface area contributed by atoms with Crippen molar-refractivity contribution in [3.63, 3.8) is 0 Å². The monoisotopic (exact) mass is 430 g/mol. The molecular formula is C25H26N4O3. The van der Waals surface area contributed by atoms with Crippen LogP contribution in [-0.2, 0) is 12.8 Å². The highest BCUT2D eigenvalue weighted by Crippen LogP contribution is 2.27. The van der Waals surface area contributed by atoms with Gasteiger partial charge in [-0.1, -0.05) is 43.3 Å². The standard InChI is InChI=1S/C25H26N4O3/c1-4-21-19(16-27-24-15-20(28-29(21)24)18-8-6-5-7-9-18)25(30)26-13-12-17-10-11-22(31-2)23(14-17)32-3/h5-11,14-16H,4,12-13H2,1-3H3,(H,26,30). The molecule has 2 heterocycles. The van der Waals surface area contributed by atoms with Crippen LogP contribution in [0.5, 0.6) is 11.5 Å². The lowest BCUT2D eigenvalue weighted by Crippen LogP contribution is -2.27. The van der Waals surface area contributed by atoms with Gasteiger partial charge in [0.15, 0.2) is 17.1 Å². The van der Waals surface area contributed by atoms with E-state index in [1.54, 1.807) is 24.9 Å². The lowest BCUT2D eigenvalue weighted by atomic mass is 10.1. The van der Waals surface area contributed by atoms with Crippen molar-refractivity contribution in [2.45, 2.75) is 19.8 Å². The SMILES string of the molecule is CCc1c(C(=O)NCCc2ccc(OC)c(OC)c2)cnc2cc(-c3ccccc3)nn12. The maximum absolute atomic E-state index is 12.9. The Kier molecular flexibility index (Phi) is 6.35. The Morgan fingerprint density at radius 3 is 2.53 bits per heavy atom. The fourth-order valence-electron chi connectivity index (χ4n) is 3.71. The number of carbonyl (C=O) groups excluding carboxylic acids is 1.